The van der Waals surface area contributed by atoms with Gasteiger partial charge in [-0.2, -0.15) is 0 Å². The Kier molecular flexibility index (Phi) is 6.09. The second-order valence-corrected chi connectivity index (χ2v) is 7.08. The van der Waals surface area contributed by atoms with Crippen LogP contribution in [0, 0.1) is 13.8 Å². The van der Waals surface area contributed by atoms with Crippen LogP contribution in [0.15, 0.2) is 30.5 Å². The monoisotopic (exact) mass is 346 g/mol. The first-order valence-electron chi connectivity index (χ1n) is 7.58. The maximum absolute atomic E-state index is 12.3. The highest BCUT2D eigenvalue weighted by Crippen LogP contribution is 2.23. The molecule has 0 saturated heterocycles. The summed E-state index contributed by atoms with van der Waals surface area (Å²) in [5, 5.41) is 2.87. The maximum atomic E-state index is 12.3. The van der Waals surface area contributed by atoms with E-state index in [4.69, 9.17) is 4.74 Å². The number of pyridine rings is 1. The van der Waals surface area contributed by atoms with E-state index in [1.165, 1.54) is 0 Å². The fourth-order valence-corrected chi connectivity index (χ4v) is 3.20. The quantitative estimate of drug-likeness (QED) is 0.873. The first-order valence-corrected chi connectivity index (χ1v) is 9.31. The van der Waals surface area contributed by atoms with Gasteiger partial charge in [0.1, 0.15) is 5.75 Å². The summed E-state index contributed by atoms with van der Waals surface area (Å²) in [5.74, 6) is 1.05. The minimum atomic E-state index is -0.936. The van der Waals surface area contributed by atoms with Gasteiger partial charge in [-0.15, -0.1) is 0 Å². The molecule has 1 heterocycles. The number of carbonyl (C=O) groups is 1. The Morgan fingerprint density at radius 1 is 1.33 bits per heavy atom. The number of benzene rings is 1. The van der Waals surface area contributed by atoms with Gasteiger partial charge in [-0.3, -0.25) is 14.0 Å². The van der Waals surface area contributed by atoms with Gasteiger partial charge in [0.25, 0.3) is 5.91 Å². The topological polar surface area (TPSA) is 68.3 Å². The van der Waals surface area contributed by atoms with E-state index >= 15 is 0 Å². The summed E-state index contributed by atoms with van der Waals surface area (Å²) in [4.78, 5) is 16.7. The van der Waals surface area contributed by atoms with Crippen LogP contribution in [0.2, 0.25) is 0 Å². The summed E-state index contributed by atoms with van der Waals surface area (Å²) >= 11 is 0. The number of methoxy groups -OCH3 is 1. The van der Waals surface area contributed by atoms with Crippen LogP contribution in [0.25, 0.3) is 0 Å². The smallest absolute Gasteiger partial charge is 0.251 e. The largest absolute Gasteiger partial charge is 0.496 e. The number of carbonyl (C=O) groups excluding carboxylic acids is 1. The van der Waals surface area contributed by atoms with E-state index in [9.17, 15) is 9.00 Å². The lowest BCUT2D eigenvalue weighted by Crippen LogP contribution is -2.24. The third-order valence-corrected chi connectivity index (χ3v) is 4.47. The van der Waals surface area contributed by atoms with Gasteiger partial charge in [0.05, 0.1) is 19.3 Å². The minimum absolute atomic E-state index is 0.181. The van der Waals surface area contributed by atoms with Crippen LogP contribution in [0.1, 0.15) is 32.7 Å². The van der Waals surface area contributed by atoms with Crippen molar-refractivity contribution in [1.82, 2.24) is 10.3 Å². The molecule has 0 spiro atoms. The third-order valence-electron chi connectivity index (χ3n) is 3.73. The van der Waals surface area contributed by atoms with E-state index in [0.29, 0.717) is 17.9 Å². The van der Waals surface area contributed by atoms with Crippen LogP contribution in [0.3, 0.4) is 0 Å². The molecule has 1 aromatic heterocycles. The van der Waals surface area contributed by atoms with E-state index in [1.54, 1.807) is 37.8 Å². The summed E-state index contributed by atoms with van der Waals surface area (Å²) in [5.41, 5.74) is 4.10. The average Bonchev–Trinajstić information content (AvgIpc) is 2.54. The molecule has 24 heavy (non-hydrogen) atoms. The molecule has 6 heteroatoms. The number of aromatic nitrogens is 1. The van der Waals surface area contributed by atoms with Gasteiger partial charge in [-0.05, 0) is 31.5 Å². The molecule has 1 N–H and O–H groups in total. The number of nitrogens with zero attached hydrogens (tertiary/aromatic N) is 1. The normalized spacial score (nSPS) is 11.8. The first-order chi connectivity index (χ1) is 11.4. The number of hydrogen-bond donors (Lipinski definition) is 1. The second kappa shape index (κ2) is 8.06. The summed E-state index contributed by atoms with van der Waals surface area (Å²) in [6, 6.07) is 7.18. The molecule has 5 nitrogen and oxygen atoms in total. The molecule has 0 aliphatic rings. The summed E-state index contributed by atoms with van der Waals surface area (Å²) in [7, 11) is 0.690. The average molecular weight is 346 g/mol. The lowest BCUT2D eigenvalue weighted by Gasteiger charge is -2.13. The summed E-state index contributed by atoms with van der Waals surface area (Å²) in [6.45, 7) is 4.19. The van der Waals surface area contributed by atoms with Crippen molar-refractivity contribution < 1.29 is 13.7 Å². The molecule has 1 aromatic carbocycles. The van der Waals surface area contributed by atoms with Gasteiger partial charge in [-0.1, -0.05) is 12.1 Å². The Bertz CT molecular complexity index is 775. The fourth-order valence-electron chi connectivity index (χ4n) is 2.55. The Labute approximate surface area is 144 Å². The highest BCUT2D eigenvalue weighted by atomic mass is 32.2. The molecule has 0 aliphatic heterocycles. The minimum Gasteiger partial charge on any atom is -0.496 e. The maximum Gasteiger partial charge on any atom is 0.251 e. The molecular formula is C18H22N2O3S. The third kappa shape index (κ3) is 4.41. The van der Waals surface area contributed by atoms with Crippen molar-refractivity contribution in [3.05, 3.63) is 58.4 Å². The van der Waals surface area contributed by atoms with Gasteiger partial charge in [0, 0.05) is 45.7 Å². The van der Waals surface area contributed by atoms with Crippen LogP contribution in [0.4, 0.5) is 0 Å². The molecular weight excluding hydrogens is 324 g/mol. The van der Waals surface area contributed by atoms with Crippen LogP contribution in [0.5, 0.6) is 5.75 Å². The van der Waals surface area contributed by atoms with Crippen LogP contribution in [-0.2, 0) is 23.1 Å². The van der Waals surface area contributed by atoms with Crippen LogP contribution < -0.4 is 10.1 Å². The van der Waals surface area contributed by atoms with Crippen LogP contribution >= 0.6 is 0 Å². The standard InChI is InChI=1S/C18H22N2O3S/c1-12-9-19-16(13(2)17(12)23-3)10-20-18(21)15-7-5-6-14(8-15)11-24(4)22/h5-9H,10-11H2,1-4H3,(H,20,21)/t24-/m0/s1. The zero-order valence-electron chi connectivity index (χ0n) is 14.4. The van der Waals surface area contributed by atoms with Crippen molar-refractivity contribution in [2.75, 3.05) is 13.4 Å². The van der Waals surface area contributed by atoms with Crippen molar-refractivity contribution >= 4 is 16.7 Å². The van der Waals surface area contributed by atoms with Crippen molar-refractivity contribution in [3.63, 3.8) is 0 Å². The molecule has 0 fully saturated rings. The highest BCUT2D eigenvalue weighted by Gasteiger charge is 2.12. The van der Waals surface area contributed by atoms with E-state index in [-0.39, 0.29) is 5.91 Å². The number of amides is 1. The van der Waals surface area contributed by atoms with Crippen molar-refractivity contribution in [1.29, 1.82) is 0 Å². The molecule has 0 bridgehead atoms. The van der Waals surface area contributed by atoms with Gasteiger partial charge in [0.2, 0.25) is 0 Å². The predicted molar refractivity (Wildman–Crippen MR) is 95.6 cm³/mol. The van der Waals surface area contributed by atoms with Gasteiger partial charge in [-0.25, -0.2) is 0 Å². The van der Waals surface area contributed by atoms with E-state index < -0.39 is 10.8 Å². The second-order valence-electron chi connectivity index (χ2n) is 5.65. The number of ether oxygens (including phenoxy) is 1. The zero-order chi connectivity index (χ0) is 17.7. The van der Waals surface area contributed by atoms with Crippen molar-refractivity contribution in [2.24, 2.45) is 0 Å². The Hall–Kier alpha value is -2.21. The van der Waals surface area contributed by atoms with Crippen molar-refractivity contribution in [3.8, 4) is 5.75 Å². The van der Waals surface area contributed by atoms with Crippen LogP contribution in [-0.4, -0.2) is 28.5 Å². The summed E-state index contributed by atoms with van der Waals surface area (Å²) in [6.07, 6.45) is 3.39. The van der Waals surface area contributed by atoms with Gasteiger partial charge < -0.3 is 10.1 Å². The molecule has 0 unspecified atom stereocenters. The Morgan fingerprint density at radius 3 is 2.75 bits per heavy atom. The number of rotatable bonds is 6. The fraction of sp³-hybridized carbons (Fsp3) is 0.333. The molecule has 0 aliphatic carbocycles. The Balaban J connectivity index is 2.10. The number of aryl methyl sites for hydroxylation is 1. The molecule has 2 rings (SSSR count). The molecule has 1 atom stereocenters. The van der Waals surface area contributed by atoms with Crippen molar-refractivity contribution in [2.45, 2.75) is 26.1 Å². The SMILES string of the molecule is COc1c(C)cnc(CNC(=O)c2cccc(C[S@](C)=O)c2)c1C. The molecule has 128 valence electrons. The Morgan fingerprint density at radius 2 is 2.08 bits per heavy atom. The highest BCUT2D eigenvalue weighted by molar-refractivity contribution is 7.83. The predicted octanol–water partition coefficient (Wildman–Crippen LogP) is 2.52. The number of nitrogens with one attached hydrogen (secondary N) is 1. The molecule has 0 radical (unpaired) electrons. The van der Waals surface area contributed by atoms with E-state index in [0.717, 1.165) is 28.1 Å². The number of hydrogen-bond acceptors (Lipinski definition) is 4. The molecule has 2 aromatic rings. The first kappa shape index (κ1) is 18.1. The summed E-state index contributed by atoms with van der Waals surface area (Å²) < 4.78 is 16.7. The molecule has 0 saturated carbocycles. The lowest BCUT2D eigenvalue weighted by molar-refractivity contribution is 0.0950. The van der Waals surface area contributed by atoms with E-state index in [2.05, 4.69) is 10.3 Å². The van der Waals surface area contributed by atoms with Gasteiger partial charge >= 0.3 is 0 Å². The van der Waals surface area contributed by atoms with E-state index in [1.807, 2.05) is 19.9 Å². The lowest BCUT2D eigenvalue weighted by atomic mass is 10.1. The van der Waals surface area contributed by atoms with Gasteiger partial charge in [0.15, 0.2) is 0 Å². The molecule has 1 amide bonds. The zero-order valence-corrected chi connectivity index (χ0v) is 15.2.